The Kier molecular flexibility index (Phi) is 4.22. The maximum absolute atomic E-state index is 10.8. The molecule has 0 aliphatic rings. The first-order valence-electron chi connectivity index (χ1n) is 6.37. The number of nitrogens with one attached hydrogen (secondary N) is 2. The van der Waals surface area contributed by atoms with Crippen LogP contribution in [0.5, 0.6) is 0 Å². The van der Waals surface area contributed by atoms with Gasteiger partial charge in [0.05, 0.1) is 28.6 Å². The molecule has 0 aliphatic carbocycles. The molecule has 1 aromatic carbocycles. The highest BCUT2D eigenvalue weighted by molar-refractivity contribution is 9.10. The van der Waals surface area contributed by atoms with E-state index in [2.05, 4.69) is 31.5 Å². The summed E-state index contributed by atoms with van der Waals surface area (Å²) < 4.78 is 0.936. The topological polar surface area (TPSA) is 100 Å². The van der Waals surface area contributed by atoms with E-state index >= 15 is 0 Å². The number of nitrogens with two attached hydrogens (primary N) is 1. The quantitative estimate of drug-likeness (QED) is 0.677. The maximum atomic E-state index is 10.8. The molecule has 0 radical (unpaired) electrons. The third-order valence-electron chi connectivity index (χ3n) is 3.01. The summed E-state index contributed by atoms with van der Waals surface area (Å²) in [5, 5.41) is 15.4. The number of nitrogen functional groups attached to an aromatic ring is 1. The van der Waals surface area contributed by atoms with Gasteiger partial charge in [-0.1, -0.05) is 15.9 Å². The Labute approximate surface area is 130 Å². The number of halogens is 1. The van der Waals surface area contributed by atoms with Crippen LogP contribution in [0.2, 0.25) is 0 Å². The van der Waals surface area contributed by atoms with Crippen LogP contribution in [0.15, 0.2) is 28.9 Å². The molecule has 7 heteroatoms. The van der Waals surface area contributed by atoms with E-state index in [1.54, 1.807) is 20.0 Å². The number of pyridine rings is 1. The monoisotopic (exact) mass is 352 g/mol. The second-order valence-electron chi connectivity index (χ2n) is 5.42. The first-order chi connectivity index (χ1) is 9.78. The number of hydrogen-bond acceptors (Lipinski definition) is 4. The van der Waals surface area contributed by atoms with E-state index in [1.165, 1.54) is 0 Å². The number of carboxylic acid groups (broad SMARTS) is 1. The second-order valence-corrected chi connectivity index (χ2v) is 6.33. The van der Waals surface area contributed by atoms with Gasteiger partial charge in [0.15, 0.2) is 0 Å². The van der Waals surface area contributed by atoms with E-state index in [9.17, 15) is 4.79 Å². The first kappa shape index (κ1) is 15.4. The number of aromatic nitrogens is 1. The van der Waals surface area contributed by atoms with E-state index in [4.69, 9.17) is 10.8 Å². The van der Waals surface area contributed by atoms with Gasteiger partial charge in [0.2, 0.25) is 0 Å². The standard InChI is InChI=1S/C14H17BrN4O2/c1-14(2,19-13(20)21)7-18-12-9-4-3-8(15)5-11(9)17-6-10(12)16/h3-6,19H,7,16H2,1-2H3,(H,17,18)(H,20,21). The summed E-state index contributed by atoms with van der Waals surface area (Å²) in [7, 11) is 0. The van der Waals surface area contributed by atoms with Crippen molar-refractivity contribution in [1.82, 2.24) is 10.3 Å². The van der Waals surface area contributed by atoms with Crippen LogP contribution in [-0.2, 0) is 0 Å². The SMILES string of the molecule is CC(C)(CNc1c(N)cnc2cc(Br)ccc12)NC(=O)O. The fourth-order valence-electron chi connectivity index (χ4n) is 2.02. The summed E-state index contributed by atoms with van der Waals surface area (Å²) in [5.74, 6) is 0. The van der Waals surface area contributed by atoms with Crippen LogP contribution in [0, 0.1) is 0 Å². The smallest absolute Gasteiger partial charge is 0.405 e. The van der Waals surface area contributed by atoms with Crippen LogP contribution in [-0.4, -0.2) is 28.3 Å². The summed E-state index contributed by atoms with van der Waals surface area (Å²) in [5.41, 5.74) is 7.45. The minimum absolute atomic E-state index is 0.401. The number of carbonyl (C=O) groups is 1. The van der Waals surface area contributed by atoms with E-state index < -0.39 is 11.6 Å². The molecule has 5 N–H and O–H groups in total. The van der Waals surface area contributed by atoms with Crippen molar-refractivity contribution in [3.05, 3.63) is 28.9 Å². The van der Waals surface area contributed by atoms with Crippen molar-refractivity contribution in [1.29, 1.82) is 0 Å². The fourth-order valence-corrected chi connectivity index (χ4v) is 2.37. The zero-order valence-corrected chi connectivity index (χ0v) is 13.4. The molecule has 21 heavy (non-hydrogen) atoms. The summed E-state index contributed by atoms with van der Waals surface area (Å²) in [6, 6.07) is 5.73. The predicted octanol–water partition coefficient (Wildman–Crippen LogP) is 3.04. The summed E-state index contributed by atoms with van der Waals surface area (Å²) in [6.45, 7) is 3.99. The van der Waals surface area contributed by atoms with Crippen LogP contribution >= 0.6 is 15.9 Å². The van der Waals surface area contributed by atoms with E-state index in [0.717, 1.165) is 21.1 Å². The Morgan fingerprint density at radius 3 is 2.86 bits per heavy atom. The minimum atomic E-state index is -1.06. The van der Waals surface area contributed by atoms with Gasteiger partial charge in [0, 0.05) is 16.4 Å². The highest BCUT2D eigenvalue weighted by Gasteiger charge is 2.20. The Balaban J connectivity index is 2.29. The van der Waals surface area contributed by atoms with Gasteiger partial charge >= 0.3 is 6.09 Å². The van der Waals surface area contributed by atoms with E-state index in [0.29, 0.717) is 12.2 Å². The van der Waals surface area contributed by atoms with Gasteiger partial charge < -0.3 is 21.5 Å². The van der Waals surface area contributed by atoms with Crippen molar-refractivity contribution in [2.45, 2.75) is 19.4 Å². The van der Waals surface area contributed by atoms with Crippen molar-refractivity contribution < 1.29 is 9.90 Å². The van der Waals surface area contributed by atoms with Crippen LogP contribution in [0.3, 0.4) is 0 Å². The lowest BCUT2D eigenvalue weighted by atomic mass is 10.1. The number of fused-ring (bicyclic) bond motifs is 1. The number of hydrogen-bond donors (Lipinski definition) is 4. The molecule has 1 heterocycles. The molecule has 0 unspecified atom stereocenters. The number of anilines is 2. The maximum Gasteiger partial charge on any atom is 0.405 e. The molecule has 0 aliphatic heterocycles. The molecule has 0 saturated carbocycles. The second kappa shape index (κ2) is 5.77. The molecule has 6 nitrogen and oxygen atoms in total. The van der Waals surface area contributed by atoms with Gasteiger partial charge in [0.25, 0.3) is 0 Å². The molecule has 2 aromatic rings. The lowest BCUT2D eigenvalue weighted by Crippen LogP contribution is -2.47. The van der Waals surface area contributed by atoms with Gasteiger partial charge in [-0.25, -0.2) is 4.79 Å². The van der Waals surface area contributed by atoms with E-state index in [1.807, 2.05) is 18.2 Å². The van der Waals surface area contributed by atoms with Crippen LogP contribution in [0.25, 0.3) is 10.9 Å². The summed E-state index contributed by atoms with van der Waals surface area (Å²) in [6.07, 6.45) is 0.535. The highest BCUT2D eigenvalue weighted by Crippen LogP contribution is 2.29. The van der Waals surface area contributed by atoms with Crippen molar-refractivity contribution >= 4 is 44.3 Å². The summed E-state index contributed by atoms with van der Waals surface area (Å²) >= 11 is 3.41. The van der Waals surface area contributed by atoms with Gasteiger partial charge in [-0.15, -0.1) is 0 Å². The van der Waals surface area contributed by atoms with Crippen LogP contribution < -0.4 is 16.4 Å². The van der Waals surface area contributed by atoms with E-state index in [-0.39, 0.29) is 0 Å². The summed E-state index contributed by atoms with van der Waals surface area (Å²) in [4.78, 5) is 15.1. The van der Waals surface area contributed by atoms with Gasteiger partial charge in [-0.2, -0.15) is 0 Å². The molecular formula is C14H17BrN4O2. The average molecular weight is 353 g/mol. The number of benzene rings is 1. The molecule has 112 valence electrons. The zero-order chi connectivity index (χ0) is 15.6. The first-order valence-corrected chi connectivity index (χ1v) is 7.16. The van der Waals surface area contributed by atoms with Crippen LogP contribution in [0.4, 0.5) is 16.2 Å². The van der Waals surface area contributed by atoms with Crippen molar-refractivity contribution in [3.8, 4) is 0 Å². The number of amides is 1. The molecule has 0 saturated heterocycles. The van der Waals surface area contributed by atoms with Gasteiger partial charge in [0.1, 0.15) is 0 Å². The van der Waals surface area contributed by atoms with Gasteiger partial charge in [-0.3, -0.25) is 4.98 Å². The molecule has 0 spiro atoms. The average Bonchev–Trinajstić information content (AvgIpc) is 2.36. The molecular weight excluding hydrogens is 336 g/mol. The molecule has 0 bridgehead atoms. The molecule has 1 aromatic heterocycles. The molecule has 0 atom stereocenters. The third-order valence-corrected chi connectivity index (χ3v) is 3.51. The molecule has 1 amide bonds. The fraction of sp³-hybridized carbons (Fsp3) is 0.286. The van der Waals surface area contributed by atoms with Crippen LogP contribution in [0.1, 0.15) is 13.8 Å². The highest BCUT2D eigenvalue weighted by atomic mass is 79.9. The Hall–Kier alpha value is -2.02. The van der Waals surface area contributed by atoms with Crippen molar-refractivity contribution in [2.24, 2.45) is 0 Å². The number of nitrogens with zero attached hydrogens (tertiary/aromatic N) is 1. The largest absolute Gasteiger partial charge is 0.465 e. The lowest BCUT2D eigenvalue weighted by molar-refractivity contribution is 0.183. The Morgan fingerprint density at radius 1 is 1.48 bits per heavy atom. The zero-order valence-electron chi connectivity index (χ0n) is 11.8. The molecule has 2 rings (SSSR count). The normalized spacial score (nSPS) is 11.4. The van der Waals surface area contributed by atoms with Crippen molar-refractivity contribution in [3.63, 3.8) is 0 Å². The lowest BCUT2D eigenvalue weighted by Gasteiger charge is -2.26. The van der Waals surface area contributed by atoms with Gasteiger partial charge in [-0.05, 0) is 32.0 Å². The number of rotatable bonds is 4. The minimum Gasteiger partial charge on any atom is -0.465 e. The third kappa shape index (κ3) is 3.75. The Morgan fingerprint density at radius 2 is 2.19 bits per heavy atom. The molecule has 0 fully saturated rings. The Bertz CT molecular complexity index is 688. The van der Waals surface area contributed by atoms with Crippen molar-refractivity contribution in [2.75, 3.05) is 17.6 Å². The predicted molar refractivity (Wildman–Crippen MR) is 87.6 cm³/mol.